The second-order valence-corrected chi connectivity index (χ2v) is 4.33. The molecule has 2 aliphatic heterocycles. The summed E-state index contributed by atoms with van der Waals surface area (Å²) in [6.45, 7) is 3.22. The first kappa shape index (κ1) is 9.44. The van der Waals surface area contributed by atoms with E-state index < -0.39 is 0 Å². The van der Waals surface area contributed by atoms with Crippen LogP contribution >= 0.6 is 0 Å². The summed E-state index contributed by atoms with van der Waals surface area (Å²) >= 11 is 0. The van der Waals surface area contributed by atoms with Crippen molar-refractivity contribution < 1.29 is 9.84 Å². The molecule has 0 aromatic rings. The van der Waals surface area contributed by atoms with Gasteiger partial charge in [-0.2, -0.15) is 0 Å². The van der Waals surface area contributed by atoms with Crippen LogP contribution in [0.5, 0.6) is 0 Å². The molecule has 2 rings (SSSR count). The number of piperidine rings is 1. The molecule has 0 aromatic carbocycles. The second kappa shape index (κ2) is 3.95. The molecule has 2 N–H and O–H groups in total. The van der Waals surface area contributed by atoms with Crippen molar-refractivity contribution in [2.75, 3.05) is 26.3 Å². The molecule has 0 amide bonds. The SMILES string of the molecule is OC[C@H]1CCC2(CCNCC2)OC1. The Bertz CT molecular complexity index is 156. The molecule has 76 valence electrons. The van der Waals surface area contributed by atoms with Crippen LogP contribution in [-0.4, -0.2) is 37.0 Å². The van der Waals surface area contributed by atoms with Crippen molar-refractivity contribution in [2.24, 2.45) is 5.92 Å². The van der Waals surface area contributed by atoms with Crippen molar-refractivity contribution in [1.82, 2.24) is 5.32 Å². The molecule has 0 saturated carbocycles. The van der Waals surface area contributed by atoms with Gasteiger partial charge in [-0.1, -0.05) is 0 Å². The van der Waals surface area contributed by atoms with Gasteiger partial charge in [-0.25, -0.2) is 0 Å². The number of rotatable bonds is 1. The number of ether oxygens (including phenoxy) is 1. The lowest BCUT2D eigenvalue weighted by Gasteiger charge is -2.42. The Morgan fingerprint density at radius 3 is 2.62 bits per heavy atom. The summed E-state index contributed by atoms with van der Waals surface area (Å²) in [5.41, 5.74) is 0.164. The van der Waals surface area contributed by atoms with Crippen LogP contribution < -0.4 is 5.32 Å². The number of aliphatic hydroxyl groups is 1. The zero-order valence-electron chi connectivity index (χ0n) is 8.09. The summed E-state index contributed by atoms with van der Waals surface area (Å²) in [6, 6.07) is 0. The molecule has 0 radical (unpaired) electrons. The molecule has 0 unspecified atom stereocenters. The van der Waals surface area contributed by atoms with Crippen molar-refractivity contribution in [2.45, 2.75) is 31.3 Å². The highest BCUT2D eigenvalue weighted by atomic mass is 16.5. The Labute approximate surface area is 79.5 Å². The smallest absolute Gasteiger partial charge is 0.0707 e. The second-order valence-electron chi connectivity index (χ2n) is 4.33. The molecule has 1 spiro atoms. The number of hydrogen-bond donors (Lipinski definition) is 2. The van der Waals surface area contributed by atoms with Crippen molar-refractivity contribution in [3.63, 3.8) is 0 Å². The molecule has 2 saturated heterocycles. The van der Waals surface area contributed by atoms with Gasteiger partial charge >= 0.3 is 0 Å². The molecule has 0 bridgehead atoms. The molecule has 1 atom stereocenters. The number of hydrogen-bond acceptors (Lipinski definition) is 3. The van der Waals surface area contributed by atoms with E-state index in [9.17, 15) is 0 Å². The van der Waals surface area contributed by atoms with E-state index in [1.165, 1.54) is 0 Å². The van der Waals surface area contributed by atoms with E-state index in [1.54, 1.807) is 0 Å². The first-order valence-corrected chi connectivity index (χ1v) is 5.30. The molecular weight excluding hydrogens is 166 g/mol. The van der Waals surface area contributed by atoms with Gasteiger partial charge in [-0.3, -0.25) is 0 Å². The van der Waals surface area contributed by atoms with Gasteiger partial charge < -0.3 is 15.2 Å². The van der Waals surface area contributed by atoms with Crippen LogP contribution in [0.3, 0.4) is 0 Å². The summed E-state index contributed by atoms with van der Waals surface area (Å²) in [5, 5.41) is 12.3. The van der Waals surface area contributed by atoms with Gasteiger partial charge in [0.1, 0.15) is 0 Å². The molecule has 0 aliphatic carbocycles. The lowest BCUT2D eigenvalue weighted by atomic mass is 9.82. The third kappa shape index (κ3) is 2.03. The third-order valence-corrected chi connectivity index (χ3v) is 3.41. The van der Waals surface area contributed by atoms with Gasteiger partial charge in [-0.05, 0) is 38.8 Å². The quantitative estimate of drug-likeness (QED) is 0.626. The summed E-state index contributed by atoms with van der Waals surface area (Å²) < 4.78 is 5.91. The maximum Gasteiger partial charge on any atom is 0.0707 e. The predicted molar refractivity (Wildman–Crippen MR) is 50.6 cm³/mol. The fraction of sp³-hybridized carbons (Fsp3) is 1.00. The van der Waals surface area contributed by atoms with E-state index in [0.717, 1.165) is 45.4 Å². The fourth-order valence-electron chi connectivity index (χ4n) is 2.34. The van der Waals surface area contributed by atoms with Crippen molar-refractivity contribution in [3.8, 4) is 0 Å². The van der Waals surface area contributed by atoms with Crippen LogP contribution in [0.4, 0.5) is 0 Å². The largest absolute Gasteiger partial charge is 0.396 e. The standard InChI is InChI=1S/C10H19NO2/c12-7-9-1-2-10(13-8-9)3-5-11-6-4-10/h9,11-12H,1-8H2/t9-/m1/s1. The van der Waals surface area contributed by atoms with Crippen LogP contribution in [0.2, 0.25) is 0 Å². The van der Waals surface area contributed by atoms with E-state index >= 15 is 0 Å². The Balaban J connectivity index is 1.87. The first-order valence-electron chi connectivity index (χ1n) is 5.30. The predicted octanol–water partition coefficient (Wildman–Crippen LogP) is 0.527. The van der Waals surface area contributed by atoms with Crippen LogP contribution in [-0.2, 0) is 4.74 Å². The molecule has 0 aromatic heterocycles. The van der Waals surface area contributed by atoms with E-state index in [2.05, 4.69) is 5.32 Å². The summed E-state index contributed by atoms with van der Waals surface area (Å²) in [6.07, 6.45) is 4.56. The zero-order valence-corrected chi connectivity index (χ0v) is 8.09. The molecular formula is C10H19NO2. The molecule has 2 fully saturated rings. The lowest BCUT2D eigenvalue weighted by Crippen LogP contribution is -2.47. The van der Waals surface area contributed by atoms with E-state index in [-0.39, 0.29) is 12.2 Å². The molecule has 13 heavy (non-hydrogen) atoms. The summed E-state index contributed by atoms with van der Waals surface area (Å²) in [7, 11) is 0. The third-order valence-electron chi connectivity index (χ3n) is 3.41. The van der Waals surface area contributed by atoms with Gasteiger partial charge in [0.2, 0.25) is 0 Å². The van der Waals surface area contributed by atoms with Crippen LogP contribution in [0.1, 0.15) is 25.7 Å². The maximum atomic E-state index is 8.99. The minimum absolute atomic E-state index is 0.164. The normalized spacial score (nSPS) is 33.5. The van der Waals surface area contributed by atoms with Gasteiger partial charge in [0.15, 0.2) is 0 Å². The van der Waals surface area contributed by atoms with E-state index in [4.69, 9.17) is 9.84 Å². The van der Waals surface area contributed by atoms with Crippen LogP contribution in [0.15, 0.2) is 0 Å². The van der Waals surface area contributed by atoms with E-state index in [1.807, 2.05) is 0 Å². The fourth-order valence-corrected chi connectivity index (χ4v) is 2.34. The Morgan fingerprint density at radius 1 is 1.31 bits per heavy atom. The zero-order chi connectivity index (χ0) is 9.15. The average Bonchev–Trinajstić information content (AvgIpc) is 2.20. The van der Waals surface area contributed by atoms with Gasteiger partial charge in [0.05, 0.1) is 12.2 Å². The molecule has 2 aliphatic rings. The summed E-state index contributed by atoms with van der Waals surface area (Å²) in [5.74, 6) is 0.389. The molecule has 3 heteroatoms. The van der Waals surface area contributed by atoms with Crippen molar-refractivity contribution >= 4 is 0 Å². The van der Waals surface area contributed by atoms with Gasteiger partial charge in [-0.15, -0.1) is 0 Å². The molecule has 2 heterocycles. The number of aliphatic hydroxyl groups excluding tert-OH is 1. The minimum atomic E-state index is 0.164. The first-order chi connectivity index (χ1) is 6.35. The van der Waals surface area contributed by atoms with Crippen LogP contribution in [0, 0.1) is 5.92 Å². The highest BCUT2D eigenvalue weighted by molar-refractivity contribution is 4.89. The van der Waals surface area contributed by atoms with Gasteiger partial charge in [0, 0.05) is 12.5 Å². The maximum absolute atomic E-state index is 8.99. The van der Waals surface area contributed by atoms with Crippen molar-refractivity contribution in [1.29, 1.82) is 0 Å². The van der Waals surface area contributed by atoms with Crippen molar-refractivity contribution in [3.05, 3.63) is 0 Å². The summed E-state index contributed by atoms with van der Waals surface area (Å²) in [4.78, 5) is 0. The number of nitrogens with one attached hydrogen (secondary N) is 1. The Morgan fingerprint density at radius 2 is 2.08 bits per heavy atom. The Kier molecular flexibility index (Phi) is 2.86. The highest BCUT2D eigenvalue weighted by Gasteiger charge is 2.36. The molecule has 3 nitrogen and oxygen atoms in total. The van der Waals surface area contributed by atoms with Crippen LogP contribution in [0.25, 0.3) is 0 Å². The highest BCUT2D eigenvalue weighted by Crippen LogP contribution is 2.34. The average molecular weight is 185 g/mol. The minimum Gasteiger partial charge on any atom is -0.396 e. The lowest BCUT2D eigenvalue weighted by molar-refractivity contribution is -0.122. The van der Waals surface area contributed by atoms with E-state index in [0.29, 0.717) is 5.92 Å². The monoisotopic (exact) mass is 185 g/mol. The Hall–Kier alpha value is -0.120. The van der Waals surface area contributed by atoms with Gasteiger partial charge in [0.25, 0.3) is 0 Å². The topological polar surface area (TPSA) is 41.5 Å².